The number of hydrogen-bond acceptors (Lipinski definition) is 3. The summed E-state index contributed by atoms with van der Waals surface area (Å²) in [6.07, 6.45) is 0.0848. The highest BCUT2D eigenvalue weighted by molar-refractivity contribution is 6.31. The minimum absolute atomic E-state index is 0.00357. The van der Waals surface area contributed by atoms with E-state index in [1.165, 1.54) is 12.1 Å². The third kappa shape index (κ3) is 4.72. The second-order valence-corrected chi connectivity index (χ2v) is 7.12. The van der Waals surface area contributed by atoms with E-state index >= 15 is 0 Å². The summed E-state index contributed by atoms with van der Waals surface area (Å²) in [4.78, 5) is 16.9. The molecule has 27 heavy (non-hydrogen) atoms. The number of hydrogen-bond donors (Lipinski definition) is 0. The Morgan fingerprint density at radius 3 is 2.41 bits per heavy atom. The average molecular weight is 391 g/mol. The van der Waals surface area contributed by atoms with Gasteiger partial charge >= 0.3 is 0 Å². The molecule has 0 aliphatic carbocycles. The average Bonchev–Trinajstić information content (AvgIpc) is 2.69. The lowest BCUT2D eigenvalue weighted by atomic mass is 10.2. The van der Waals surface area contributed by atoms with Gasteiger partial charge in [0.05, 0.1) is 0 Å². The van der Waals surface area contributed by atoms with Crippen LogP contribution in [-0.4, -0.2) is 43.1 Å². The molecule has 1 aliphatic heterocycles. The summed E-state index contributed by atoms with van der Waals surface area (Å²) in [6.45, 7) is 6.53. The van der Waals surface area contributed by atoms with Crippen molar-refractivity contribution in [1.29, 1.82) is 0 Å². The van der Waals surface area contributed by atoms with Crippen LogP contribution in [0.3, 0.4) is 0 Å². The minimum atomic E-state index is -0.511. The molecule has 0 spiro atoms. The first-order valence-corrected chi connectivity index (χ1v) is 9.58. The fourth-order valence-electron chi connectivity index (χ4n) is 3.20. The lowest BCUT2D eigenvalue weighted by molar-refractivity contribution is -0.139. The maximum absolute atomic E-state index is 13.1. The molecule has 6 heteroatoms. The Bertz CT molecular complexity index is 789. The summed E-state index contributed by atoms with van der Waals surface area (Å²) >= 11 is 6.05. The zero-order valence-corrected chi connectivity index (χ0v) is 16.4. The zero-order chi connectivity index (χ0) is 19.4. The van der Waals surface area contributed by atoms with Crippen LogP contribution in [0, 0.1) is 12.7 Å². The Kier molecular flexibility index (Phi) is 6.22. The number of amides is 1. The van der Waals surface area contributed by atoms with Crippen LogP contribution >= 0.6 is 11.6 Å². The van der Waals surface area contributed by atoms with Crippen molar-refractivity contribution in [2.24, 2.45) is 0 Å². The van der Waals surface area contributed by atoms with Crippen molar-refractivity contribution in [2.75, 3.05) is 31.1 Å². The molecule has 0 saturated carbocycles. The molecule has 1 amide bonds. The van der Waals surface area contributed by atoms with Crippen LogP contribution in [0.4, 0.5) is 10.1 Å². The van der Waals surface area contributed by atoms with E-state index in [1.54, 1.807) is 24.3 Å². The molecular formula is C21H24ClFN2O2. The topological polar surface area (TPSA) is 32.8 Å². The molecule has 0 unspecified atom stereocenters. The zero-order valence-electron chi connectivity index (χ0n) is 15.6. The van der Waals surface area contributed by atoms with Gasteiger partial charge in [-0.3, -0.25) is 4.79 Å². The number of ether oxygens (including phenoxy) is 1. The Hall–Kier alpha value is -2.27. The Morgan fingerprint density at radius 1 is 1.15 bits per heavy atom. The first kappa shape index (κ1) is 19.5. The van der Waals surface area contributed by atoms with Gasteiger partial charge in [-0.25, -0.2) is 4.39 Å². The van der Waals surface area contributed by atoms with Gasteiger partial charge in [0.25, 0.3) is 5.91 Å². The fourth-order valence-corrected chi connectivity index (χ4v) is 3.32. The molecule has 0 radical (unpaired) electrons. The molecule has 1 atom stereocenters. The van der Waals surface area contributed by atoms with Crippen LogP contribution in [0.5, 0.6) is 5.75 Å². The normalized spacial score (nSPS) is 15.6. The highest BCUT2D eigenvalue weighted by Gasteiger charge is 2.28. The van der Waals surface area contributed by atoms with Gasteiger partial charge in [-0.1, -0.05) is 18.5 Å². The fraction of sp³-hybridized carbons (Fsp3) is 0.381. The number of piperazine rings is 1. The van der Waals surface area contributed by atoms with Crippen LogP contribution < -0.4 is 9.64 Å². The van der Waals surface area contributed by atoms with E-state index in [0.29, 0.717) is 43.4 Å². The van der Waals surface area contributed by atoms with Gasteiger partial charge in [0, 0.05) is 36.9 Å². The molecule has 4 nitrogen and oxygen atoms in total. The number of aryl methyl sites for hydroxylation is 1. The summed E-state index contributed by atoms with van der Waals surface area (Å²) in [6, 6.07) is 11.9. The number of carbonyl (C=O) groups is 1. The first-order chi connectivity index (χ1) is 13.0. The van der Waals surface area contributed by atoms with Gasteiger partial charge in [0.1, 0.15) is 11.6 Å². The predicted molar refractivity (Wildman–Crippen MR) is 106 cm³/mol. The van der Waals surface area contributed by atoms with E-state index in [-0.39, 0.29) is 11.7 Å². The molecule has 1 heterocycles. The summed E-state index contributed by atoms with van der Waals surface area (Å²) in [5.74, 6) is 0.416. The van der Waals surface area contributed by atoms with Crippen LogP contribution in [-0.2, 0) is 4.79 Å². The molecular weight excluding hydrogens is 367 g/mol. The molecule has 2 aromatic carbocycles. The van der Waals surface area contributed by atoms with Gasteiger partial charge in [0.2, 0.25) is 0 Å². The first-order valence-electron chi connectivity index (χ1n) is 9.20. The van der Waals surface area contributed by atoms with Crippen molar-refractivity contribution in [1.82, 2.24) is 4.90 Å². The van der Waals surface area contributed by atoms with Crippen molar-refractivity contribution >= 4 is 23.2 Å². The summed E-state index contributed by atoms with van der Waals surface area (Å²) in [5, 5.41) is 0.679. The van der Waals surface area contributed by atoms with E-state index in [2.05, 4.69) is 4.90 Å². The second kappa shape index (κ2) is 8.61. The molecule has 0 N–H and O–H groups in total. The third-order valence-corrected chi connectivity index (χ3v) is 5.26. The monoisotopic (exact) mass is 390 g/mol. The maximum Gasteiger partial charge on any atom is 0.263 e. The van der Waals surface area contributed by atoms with E-state index in [9.17, 15) is 9.18 Å². The van der Waals surface area contributed by atoms with Crippen LogP contribution in [0.1, 0.15) is 18.9 Å². The Labute approximate surface area is 164 Å². The SMILES string of the molecule is CC[C@H](Oc1ccc(Cl)c(C)c1)C(=O)N1CCN(c2ccc(F)cc2)CC1. The van der Waals surface area contributed by atoms with E-state index < -0.39 is 6.10 Å². The molecule has 144 valence electrons. The third-order valence-electron chi connectivity index (χ3n) is 4.84. The summed E-state index contributed by atoms with van der Waals surface area (Å²) in [7, 11) is 0. The standard InChI is InChI=1S/C21H24ClFN2O2/c1-3-20(27-18-8-9-19(22)15(2)14-18)21(26)25-12-10-24(11-13-25)17-6-4-16(23)5-7-17/h4-9,14,20H,3,10-13H2,1-2H3/t20-/m0/s1. The minimum Gasteiger partial charge on any atom is -0.481 e. The lowest BCUT2D eigenvalue weighted by Gasteiger charge is -2.37. The van der Waals surface area contributed by atoms with E-state index in [4.69, 9.17) is 16.3 Å². The molecule has 1 fully saturated rings. The number of nitrogens with zero attached hydrogens (tertiary/aromatic N) is 2. The molecule has 3 rings (SSSR count). The molecule has 0 aromatic heterocycles. The second-order valence-electron chi connectivity index (χ2n) is 6.71. The number of halogens is 2. The lowest BCUT2D eigenvalue weighted by Crippen LogP contribution is -2.52. The number of rotatable bonds is 5. The van der Waals surface area contributed by atoms with Gasteiger partial charge in [-0.2, -0.15) is 0 Å². The highest BCUT2D eigenvalue weighted by atomic mass is 35.5. The van der Waals surface area contributed by atoms with Gasteiger partial charge in [0.15, 0.2) is 6.10 Å². The van der Waals surface area contributed by atoms with Crippen LogP contribution in [0.2, 0.25) is 5.02 Å². The van der Waals surface area contributed by atoms with E-state index in [0.717, 1.165) is 11.3 Å². The largest absolute Gasteiger partial charge is 0.481 e. The Morgan fingerprint density at radius 2 is 1.81 bits per heavy atom. The molecule has 1 saturated heterocycles. The van der Waals surface area contributed by atoms with Crippen molar-refractivity contribution < 1.29 is 13.9 Å². The van der Waals surface area contributed by atoms with Crippen molar-refractivity contribution in [2.45, 2.75) is 26.4 Å². The number of anilines is 1. The van der Waals surface area contributed by atoms with Crippen LogP contribution in [0.15, 0.2) is 42.5 Å². The van der Waals surface area contributed by atoms with Gasteiger partial charge in [-0.05, 0) is 61.4 Å². The van der Waals surface area contributed by atoms with Crippen molar-refractivity contribution in [3.05, 3.63) is 58.9 Å². The number of benzene rings is 2. The van der Waals surface area contributed by atoms with Crippen molar-refractivity contribution in [3.8, 4) is 5.75 Å². The van der Waals surface area contributed by atoms with Crippen LogP contribution in [0.25, 0.3) is 0 Å². The van der Waals surface area contributed by atoms with Gasteiger partial charge in [-0.15, -0.1) is 0 Å². The summed E-state index contributed by atoms with van der Waals surface area (Å²) < 4.78 is 19.0. The molecule has 1 aliphatic rings. The highest BCUT2D eigenvalue weighted by Crippen LogP contribution is 2.23. The summed E-state index contributed by atoms with van der Waals surface area (Å²) in [5.41, 5.74) is 1.90. The molecule has 2 aromatic rings. The predicted octanol–water partition coefficient (Wildman–Crippen LogP) is 4.29. The van der Waals surface area contributed by atoms with E-state index in [1.807, 2.05) is 24.8 Å². The smallest absolute Gasteiger partial charge is 0.263 e. The van der Waals surface area contributed by atoms with Crippen molar-refractivity contribution in [3.63, 3.8) is 0 Å². The maximum atomic E-state index is 13.1. The number of carbonyl (C=O) groups excluding carboxylic acids is 1. The van der Waals surface area contributed by atoms with Gasteiger partial charge < -0.3 is 14.5 Å². The Balaban J connectivity index is 1.59. The molecule has 0 bridgehead atoms. The quantitative estimate of drug-likeness (QED) is 0.763.